The van der Waals surface area contributed by atoms with Gasteiger partial charge >= 0.3 is 5.97 Å². The number of benzene rings is 3. The average molecular weight is 627 g/mol. The lowest BCUT2D eigenvalue weighted by Crippen LogP contribution is -2.39. The van der Waals surface area contributed by atoms with Crippen molar-refractivity contribution >= 4 is 50.2 Å². The summed E-state index contributed by atoms with van der Waals surface area (Å²) in [4.78, 5) is 32.5. The number of para-hydroxylation sites is 1. The lowest BCUT2D eigenvalue weighted by Gasteiger charge is -2.24. The van der Waals surface area contributed by atoms with Gasteiger partial charge in [0.2, 0.25) is 0 Å². The number of nitrogens with zero attached hydrogens (tertiary/aromatic N) is 3. The van der Waals surface area contributed by atoms with E-state index in [4.69, 9.17) is 9.73 Å². The molecule has 206 valence electrons. The van der Waals surface area contributed by atoms with Crippen LogP contribution in [0.25, 0.3) is 17.0 Å². The minimum absolute atomic E-state index is 0.182. The van der Waals surface area contributed by atoms with E-state index in [0.29, 0.717) is 27.1 Å². The summed E-state index contributed by atoms with van der Waals surface area (Å²) < 4.78 is 10.9. The summed E-state index contributed by atoms with van der Waals surface area (Å²) in [6, 6.07) is 23.8. The molecule has 1 aliphatic heterocycles. The van der Waals surface area contributed by atoms with Gasteiger partial charge in [-0.3, -0.25) is 9.36 Å². The van der Waals surface area contributed by atoms with Crippen LogP contribution in [0, 0.1) is 6.92 Å². The molecule has 0 saturated carbocycles. The standard InChI is InChI=1S/C33H28BrN3O3S/c1-4-40-32(39)29-21(3)35-33-37(30(29)23-13-9-20(2)10-14-23)31(38)28(41-33)17-24-19-36(27-8-6-5-7-26(24)27)18-22-11-15-25(34)16-12-22/h5-17,19,30H,4,18H2,1-3H3/b28-17-/t30-/m0/s1. The summed E-state index contributed by atoms with van der Waals surface area (Å²) in [7, 11) is 0. The molecule has 3 aromatic carbocycles. The first-order chi connectivity index (χ1) is 19.8. The van der Waals surface area contributed by atoms with Crippen LogP contribution in [0.15, 0.2) is 105 Å². The average Bonchev–Trinajstić information content (AvgIpc) is 3.46. The molecule has 2 aromatic heterocycles. The number of esters is 1. The van der Waals surface area contributed by atoms with Crippen molar-refractivity contribution < 1.29 is 9.53 Å². The van der Waals surface area contributed by atoms with E-state index in [1.165, 1.54) is 16.9 Å². The van der Waals surface area contributed by atoms with Crippen LogP contribution < -0.4 is 14.9 Å². The molecule has 5 aromatic rings. The van der Waals surface area contributed by atoms with Crippen molar-refractivity contribution in [1.29, 1.82) is 0 Å². The summed E-state index contributed by atoms with van der Waals surface area (Å²) in [5.41, 5.74) is 5.93. The molecule has 6 rings (SSSR count). The number of aryl methyl sites for hydroxylation is 1. The molecule has 0 fully saturated rings. The van der Waals surface area contributed by atoms with Crippen LogP contribution in [0.5, 0.6) is 0 Å². The van der Waals surface area contributed by atoms with Crippen molar-refractivity contribution in [2.24, 2.45) is 4.99 Å². The summed E-state index contributed by atoms with van der Waals surface area (Å²) in [6.45, 7) is 6.54. The Balaban J connectivity index is 1.51. The minimum atomic E-state index is -0.619. The Morgan fingerprint density at radius 1 is 1.05 bits per heavy atom. The second kappa shape index (κ2) is 11.1. The Morgan fingerprint density at radius 3 is 2.51 bits per heavy atom. The number of ether oxygens (including phenoxy) is 1. The highest BCUT2D eigenvalue weighted by molar-refractivity contribution is 9.10. The van der Waals surface area contributed by atoms with Crippen LogP contribution in [0.4, 0.5) is 0 Å². The van der Waals surface area contributed by atoms with E-state index < -0.39 is 12.0 Å². The van der Waals surface area contributed by atoms with Crippen molar-refractivity contribution in [3.8, 4) is 0 Å². The quantitative estimate of drug-likeness (QED) is 0.222. The minimum Gasteiger partial charge on any atom is -0.463 e. The van der Waals surface area contributed by atoms with Crippen LogP contribution in [-0.4, -0.2) is 21.7 Å². The Bertz CT molecular complexity index is 2000. The fourth-order valence-electron chi connectivity index (χ4n) is 5.30. The molecular weight excluding hydrogens is 598 g/mol. The lowest BCUT2D eigenvalue weighted by molar-refractivity contribution is -0.139. The zero-order valence-corrected chi connectivity index (χ0v) is 25.3. The van der Waals surface area contributed by atoms with E-state index in [1.54, 1.807) is 18.4 Å². The van der Waals surface area contributed by atoms with Gasteiger partial charge in [0.05, 0.1) is 28.5 Å². The molecule has 0 N–H and O–H groups in total. The van der Waals surface area contributed by atoms with E-state index in [-0.39, 0.29) is 12.2 Å². The van der Waals surface area contributed by atoms with Crippen LogP contribution in [0.3, 0.4) is 0 Å². The van der Waals surface area contributed by atoms with Gasteiger partial charge in [-0.2, -0.15) is 0 Å². The van der Waals surface area contributed by atoms with Crippen molar-refractivity contribution in [3.63, 3.8) is 0 Å². The van der Waals surface area contributed by atoms with Gasteiger partial charge in [-0.05, 0) is 56.2 Å². The molecule has 1 atom stereocenters. The van der Waals surface area contributed by atoms with Crippen LogP contribution in [0.1, 0.15) is 42.1 Å². The van der Waals surface area contributed by atoms with Crippen molar-refractivity contribution in [1.82, 2.24) is 9.13 Å². The van der Waals surface area contributed by atoms with Crippen molar-refractivity contribution in [2.75, 3.05) is 6.61 Å². The Labute approximate surface area is 249 Å². The maximum absolute atomic E-state index is 14.1. The third-order valence-electron chi connectivity index (χ3n) is 7.28. The summed E-state index contributed by atoms with van der Waals surface area (Å²) in [5.74, 6) is -0.454. The third kappa shape index (κ3) is 5.13. The third-order valence-corrected chi connectivity index (χ3v) is 8.79. The van der Waals surface area contributed by atoms with Gasteiger partial charge in [0, 0.05) is 33.7 Å². The molecule has 3 heterocycles. The number of allylic oxidation sites excluding steroid dienone is 1. The van der Waals surface area contributed by atoms with Gasteiger partial charge in [0.15, 0.2) is 4.80 Å². The van der Waals surface area contributed by atoms with Crippen LogP contribution in [0.2, 0.25) is 0 Å². The zero-order chi connectivity index (χ0) is 28.7. The van der Waals surface area contributed by atoms with Gasteiger partial charge in [-0.1, -0.05) is 87.4 Å². The number of halogens is 1. The Hall–Kier alpha value is -4.01. The summed E-state index contributed by atoms with van der Waals surface area (Å²) in [6.07, 6.45) is 4.04. The molecule has 0 amide bonds. The fraction of sp³-hybridized carbons (Fsp3) is 0.182. The predicted octanol–water partition coefficient (Wildman–Crippen LogP) is 5.87. The van der Waals surface area contributed by atoms with Gasteiger partial charge in [0.1, 0.15) is 0 Å². The molecule has 1 aliphatic rings. The second-order valence-electron chi connectivity index (χ2n) is 10.1. The molecule has 0 spiro atoms. The largest absolute Gasteiger partial charge is 0.463 e. The number of fused-ring (bicyclic) bond motifs is 2. The molecule has 0 radical (unpaired) electrons. The topological polar surface area (TPSA) is 65.6 Å². The number of carbonyl (C=O) groups excluding carboxylic acids is 1. The van der Waals surface area contributed by atoms with E-state index in [9.17, 15) is 9.59 Å². The van der Waals surface area contributed by atoms with Gasteiger partial charge < -0.3 is 9.30 Å². The zero-order valence-electron chi connectivity index (χ0n) is 22.9. The number of thiazole rings is 1. The first kappa shape index (κ1) is 27.2. The first-order valence-corrected chi connectivity index (χ1v) is 15.0. The predicted molar refractivity (Wildman–Crippen MR) is 167 cm³/mol. The SMILES string of the molecule is CCOC(=O)C1=C(C)N=c2s/c(=C\c3cn(Cc4ccc(Br)cc4)c4ccccc34)c(=O)n2[C@H]1c1ccc(C)cc1. The smallest absolute Gasteiger partial charge is 0.338 e. The highest BCUT2D eigenvalue weighted by Crippen LogP contribution is 2.31. The van der Waals surface area contributed by atoms with Gasteiger partial charge in [-0.15, -0.1) is 0 Å². The van der Waals surface area contributed by atoms with E-state index >= 15 is 0 Å². The molecule has 8 heteroatoms. The first-order valence-electron chi connectivity index (χ1n) is 13.4. The molecule has 0 unspecified atom stereocenters. The fourth-order valence-corrected chi connectivity index (χ4v) is 6.61. The number of hydrogen-bond acceptors (Lipinski definition) is 5. The van der Waals surface area contributed by atoms with E-state index in [1.807, 2.05) is 61.5 Å². The van der Waals surface area contributed by atoms with Crippen molar-refractivity contribution in [2.45, 2.75) is 33.4 Å². The summed E-state index contributed by atoms with van der Waals surface area (Å²) >= 11 is 4.85. The van der Waals surface area contributed by atoms with E-state index in [2.05, 4.69) is 51.0 Å². The molecule has 41 heavy (non-hydrogen) atoms. The number of aromatic nitrogens is 2. The Kier molecular flexibility index (Phi) is 7.36. The summed E-state index contributed by atoms with van der Waals surface area (Å²) in [5, 5.41) is 1.06. The Morgan fingerprint density at radius 2 is 1.78 bits per heavy atom. The number of carbonyl (C=O) groups is 1. The maximum atomic E-state index is 14.1. The maximum Gasteiger partial charge on any atom is 0.338 e. The van der Waals surface area contributed by atoms with Gasteiger partial charge in [-0.25, -0.2) is 9.79 Å². The van der Waals surface area contributed by atoms with Crippen LogP contribution in [-0.2, 0) is 16.1 Å². The lowest BCUT2D eigenvalue weighted by atomic mass is 9.95. The molecule has 0 saturated heterocycles. The normalized spacial score (nSPS) is 15.2. The highest BCUT2D eigenvalue weighted by Gasteiger charge is 2.33. The van der Waals surface area contributed by atoms with Crippen LogP contribution >= 0.6 is 27.3 Å². The van der Waals surface area contributed by atoms with Gasteiger partial charge in [0.25, 0.3) is 5.56 Å². The monoisotopic (exact) mass is 625 g/mol. The van der Waals surface area contributed by atoms with E-state index in [0.717, 1.165) is 32.1 Å². The molecule has 0 aliphatic carbocycles. The number of rotatable bonds is 6. The number of hydrogen-bond donors (Lipinski definition) is 0. The van der Waals surface area contributed by atoms with Crippen molar-refractivity contribution in [3.05, 3.63) is 137 Å². The molecular formula is C33H28BrN3O3S. The molecule has 0 bridgehead atoms. The highest BCUT2D eigenvalue weighted by atomic mass is 79.9. The molecule has 6 nitrogen and oxygen atoms in total. The second-order valence-corrected chi connectivity index (χ2v) is 12.0.